The topological polar surface area (TPSA) is 69.7 Å². The van der Waals surface area contributed by atoms with Crippen molar-refractivity contribution < 1.29 is 13.8 Å². The van der Waals surface area contributed by atoms with Gasteiger partial charge in [0.25, 0.3) is 0 Å². The van der Waals surface area contributed by atoms with Crippen LogP contribution in [0, 0.1) is 0 Å². The van der Waals surface area contributed by atoms with Gasteiger partial charge in [0.05, 0.1) is 0 Å². The molecule has 1 saturated heterocycles. The van der Waals surface area contributed by atoms with Crippen LogP contribution in [0.25, 0.3) is 0 Å². The predicted octanol–water partition coefficient (Wildman–Crippen LogP) is 2.41. The molecule has 1 N–H and O–H groups in total. The van der Waals surface area contributed by atoms with Gasteiger partial charge in [-0.2, -0.15) is 0 Å². The summed E-state index contributed by atoms with van der Waals surface area (Å²) in [6.45, 7) is 5.27. The number of carbonyl (C=O) groups is 2. The molecule has 0 spiro atoms. The van der Waals surface area contributed by atoms with E-state index in [-0.39, 0.29) is 23.3 Å². The Morgan fingerprint density at radius 1 is 1.00 bits per heavy atom. The van der Waals surface area contributed by atoms with Crippen LogP contribution >= 0.6 is 0 Å². The van der Waals surface area contributed by atoms with Crippen molar-refractivity contribution in [1.29, 1.82) is 0 Å². The Balaban J connectivity index is 1.38. The van der Waals surface area contributed by atoms with Crippen molar-refractivity contribution in [2.75, 3.05) is 43.0 Å². The molecule has 2 amide bonds. The lowest BCUT2D eigenvalue weighted by Gasteiger charge is -2.40. The van der Waals surface area contributed by atoms with Gasteiger partial charge in [-0.1, -0.05) is 38.3 Å². The predicted molar refractivity (Wildman–Crippen MR) is 117 cm³/mol. The van der Waals surface area contributed by atoms with Gasteiger partial charge in [-0.25, -0.2) is 0 Å². The molecule has 1 aromatic carbocycles. The first-order chi connectivity index (χ1) is 14.0. The van der Waals surface area contributed by atoms with E-state index in [4.69, 9.17) is 0 Å². The molecule has 29 heavy (non-hydrogen) atoms. The largest absolute Gasteiger partial charge is 0.339 e. The molecule has 1 saturated carbocycles. The summed E-state index contributed by atoms with van der Waals surface area (Å²) in [5.74, 6) is -0.649. The molecule has 160 valence electrons. The quantitative estimate of drug-likeness (QED) is 0.737. The van der Waals surface area contributed by atoms with Crippen LogP contribution in [-0.4, -0.2) is 69.5 Å². The summed E-state index contributed by atoms with van der Waals surface area (Å²) in [6.07, 6.45) is 7.46. The Morgan fingerprint density at radius 3 is 2.28 bits per heavy atom. The van der Waals surface area contributed by atoms with Crippen LogP contribution < -0.4 is 5.32 Å². The van der Waals surface area contributed by atoms with Crippen LogP contribution in [0.5, 0.6) is 0 Å². The summed E-state index contributed by atoms with van der Waals surface area (Å²) in [4.78, 5) is 28.9. The van der Waals surface area contributed by atoms with Gasteiger partial charge in [0.2, 0.25) is 11.8 Å². The number of aryl methyl sites for hydroxylation is 1. The van der Waals surface area contributed by atoms with Crippen molar-refractivity contribution in [2.45, 2.75) is 51.5 Å². The lowest BCUT2D eigenvalue weighted by atomic mass is 9.94. The van der Waals surface area contributed by atoms with E-state index in [0.29, 0.717) is 24.8 Å². The Kier molecular flexibility index (Phi) is 8.24. The average molecular weight is 420 g/mol. The molecule has 0 aromatic heterocycles. The van der Waals surface area contributed by atoms with Crippen molar-refractivity contribution in [3.05, 3.63) is 29.8 Å². The Labute approximate surface area is 176 Å². The molecule has 0 bridgehead atoms. The number of amides is 2. The number of anilines is 1. The standard InChI is InChI=1S/C22H33N3O3S/c1-2-18-8-10-19(11-9-18)23-21(26)16-29(28)17-22(27)25-14-12-24(13-15-25)20-6-4-3-5-7-20/h8-11,20H,2-7,12-17H2,1H3,(H,23,26). The fraction of sp³-hybridized carbons (Fsp3) is 0.636. The van der Waals surface area contributed by atoms with Crippen molar-refractivity contribution in [3.63, 3.8) is 0 Å². The van der Waals surface area contributed by atoms with Gasteiger partial charge < -0.3 is 10.2 Å². The molecule has 1 unspecified atom stereocenters. The van der Waals surface area contributed by atoms with Crippen LogP contribution in [0.4, 0.5) is 5.69 Å². The molecule has 1 aliphatic heterocycles. The van der Waals surface area contributed by atoms with Gasteiger partial charge in [0.15, 0.2) is 0 Å². The van der Waals surface area contributed by atoms with Gasteiger partial charge in [0.1, 0.15) is 11.5 Å². The van der Waals surface area contributed by atoms with E-state index >= 15 is 0 Å². The maximum atomic E-state index is 12.5. The highest BCUT2D eigenvalue weighted by Crippen LogP contribution is 2.23. The molecule has 2 aliphatic rings. The Morgan fingerprint density at radius 2 is 1.66 bits per heavy atom. The molecular formula is C22H33N3O3S. The molecule has 0 radical (unpaired) electrons. The number of benzene rings is 1. The van der Waals surface area contributed by atoms with Crippen molar-refractivity contribution >= 4 is 28.3 Å². The minimum Gasteiger partial charge on any atom is -0.339 e. The second-order valence-electron chi connectivity index (χ2n) is 8.04. The molecule has 3 rings (SSSR count). The number of hydrogen-bond donors (Lipinski definition) is 1. The summed E-state index contributed by atoms with van der Waals surface area (Å²) >= 11 is 0. The maximum Gasteiger partial charge on any atom is 0.237 e. The number of nitrogens with zero attached hydrogens (tertiary/aromatic N) is 2. The fourth-order valence-electron chi connectivity index (χ4n) is 4.23. The van der Waals surface area contributed by atoms with Crippen LogP contribution in [0.3, 0.4) is 0 Å². The number of rotatable bonds is 7. The zero-order valence-corrected chi connectivity index (χ0v) is 18.2. The van der Waals surface area contributed by atoms with E-state index in [9.17, 15) is 13.8 Å². The third kappa shape index (κ3) is 6.64. The van der Waals surface area contributed by atoms with Crippen molar-refractivity contribution in [1.82, 2.24) is 9.80 Å². The van der Waals surface area contributed by atoms with E-state index in [1.54, 1.807) is 4.90 Å². The van der Waals surface area contributed by atoms with E-state index in [0.717, 1.165) is 19.5 Å². The summed E-state index contributed by atoms with van der Waals surface area (Å²) in [7, 11) is -1.49. The van der Waals surface area contributed by atoms with Gasteiger partial charge in [0, 0.05) is 48.7 Å². The summed E-state index contributed by atoms with van der Waals surface area (Å²) in [5, 5.41) is 2.76. The van der Waals surface area contributed by atoms with Gasteiger partial charge in [-0.3, -0.25) is 18.7 Å². The first kappa shape index (κ1) is 22.0. The normalized spacial score (nSPS) is 19.7. The van der Waals surface area contributed by atoms with Crippen molar-refractivity contribution in [3.8, 4) is 0 Å². The second-order valence-corrected chi connectivity index (χ2v) is 9.49. The Hall–Kier alpha value is -1.73. The van der Waals surface area contributed by atoms with Gasteiger partial charge in [-0.05, 0) is 37.0 Å². The summed E-state index contributed by atoms with van der Waals surface area (Å²) in [6, 6.07) is 8.28. The average Bonchev–Trinajstić information content (AvgIpc) is 2.74. The lowest BCUT2D eigenvalue weighted by molar-refractivity contribution is -0.130. The highest BCUT2D eigenvalue weighted by Gasteiger charge is 2.27. The van der Waals surface area contributed by atoms with Crippen molar-refractivity contribution in [2.24, 2.45) is 0 Å². The van der Waals surface area contributed by atoms with E-state index in [1.165, 1.54) is 37.7 Å². The molecule has 6 nitrogen and oxygen atoms in total. The third-order valence-electron chi connectivity index (χ3n) is 5.98. The molecule has 1 aromatic rings. The molecule has 1 atom stereocenters. The molecule has 1 aliphatic carbocycles. The fourth-order valence-corrected chi connectivity index (χ4v) is 5.15. The molecule has 1 heterocycles. The molecule has 7 heteroatoms. The minimum absolute atomic E-state index is 0.0778. The number of nitrogens with one attached hydrogen (secondary N) is 1. The number of carbonyl (C=O) groups excluding carboxylic acids is 2. The van der Waals surface area contributed by atoms with E-state index in [2.05, 4.69) is 17.1 Å². The van der Waals surface area contributed by atoms with Crippen LogP contribution in [0.2, 0.25) is 0 Å². The smallest absolute Gasteiger partial charge is 0.237 e. The Bertz CT molecular complexity index is 709. The monoisotopic (exact) mass is 419 g/mol. The highest BCUT2D eigenvalue weighted by atomic mass is 32.2. The maximum absolute atomic E-state index is 12.5. The van der Waals surface area contributed by atoms with Crippen LogP contribution in [0.15, 0.2) is 24.3 Å². The zero-order chi connectivity index (χ0) is 20.6. The lowest BCUT2D eigenvalue weighted by Crippen LogP contribution is -2.53. The van der Waals surface area contributed by atoms with E-state index < -0.39 is 10.8 Å². The number of piperazine rings is 1. The molecule has 2 fully saturated rings. The first-order valence-corrected chi connectivity index (χ1v) is 12.3. The summed E-state index contributed by atoms with van der Waals surface area (Å²) in [5.41, 5.74) is 1.88. The van der Waals surface area contributed by atoms with Gasteiger partial charge in [-0.15, -0.1) is 0 Å². The zero-order valence-electron chi connectivity index (χ0n) is 17.4. The van der Waals surface area contributed by atoms with Crippen LogP contribution in [0.1, 0.15) is 44.6 Å². The third-order valence-corrected chi connectivity index (χ3v) is 7.13. The van der Waals surface area contributed by atoms with Crippen LogP contribution in [-0.2, 0) is 26.8 Å². The number of hydrogen-bond acceptors (Lipinski definition) is 4. The molecular weight excluding hydrogens is 386 g/mol. The SMILES string of the molecule is CCc1ccc(NC(=O)CS(=O)CC(=O)N2CCN(C3CCCCC3)CC2)cc1. The second kappa shape index (κ2) is 10.9. The first-order valence-electron chi connectivity index (χ1n) is 10.8. The minimum atomic E-state index is -1.49. The summed E-state index contributed by atoms with van der Waals surface area (Å²) < 4.78 is 12.3. The van der Waals surface area contributed by atoms with E-state index in [1.807, 2.05) is 24.3 Å². The highest BCUT2D eigenvalue weighted by molar-refractivity contribution is 7.86. The van der Waals surface area contributed by atoms with Gasteiger partial charge >= 0.3 is 0 Å².